The first-order valence-corrected chi connectivity index (χ1v) is 12.7. The van der Waals surface area contributed by atoms with E-state index in [1.165, 1.54) is 12.1 Å². The number of ketones is 2. The van der Waals surface area contributed by atoms with Crippen molar-refractivity contribution in [1.29, 1.82) is 0 Å². The Morgan fingerprint density at radius 1 is 1.08 bits per heavy atom. The maximum Gasteiger partial charge on any atom is 0.224 e. The van der Waals surface area contributed by atoms with Crippen molar-refractivity contribution in [1.82, 2.24) is 5.32 Å². The van der Waals surface area contributed by atoms with E-state index in [1.54, 1.807) is 12.1 Å². The number of fused-ring (bicyclic) bond motifs is 11. The Hall–Kier alpha value is -3.06. The predicted octanol–water partition coefficient (Wildman–Crippen LogP) is 4.07. The van der Waals surface area contributed by atoms with Crippen LogP contribution in [0.25, 0.3) is 0 Å². The van der Waals surface area contributed by atoms with E-state index in [1.807, 2.05) is 38.1 Å². The Morgan fingerprint density at radius 2 is 1.78 bits per heavy atom. The standard InChI is InChI=1S/C29H36FNO5/c1-19(2)16-25-24(28(34)18-32)4-3-15-36-23-12-7-21(8-13-23)17-26(31-29(25)35)27(33)14-9-20-5-10-22(30)11-6-20/h5-8,10-13,19,24-26,32H,3-4,9,14-18H2,1-2H3,(H,31,35)/t24-,25+,26-/m0/s1. The van der Waals surface area contributed by atoms with Crippen LogP contribution >= 0.6 is 0 Å². The monoisotopic (exact) mass is 497 g/mol. The summed E-state index contributed by atoms with van der Waals surface area (Å²) in [4.78, 5) is 39.5. The molecule has 0 aromatic heterocycles. The van der Waals surface area contributed by atoms with Crippen molar-refractivity contribution < 1.29 is 28.6 Å². The number of carbonyl (C=O) groups is 3. The molecule has 3 atom stereocenters. The quantitative estimate of drug-likeness (QED) is 0.574. The van der Waals surface area contributed by atoms with Crippen molar-refractivity contribution in [3.05, 3.63) is 65.5 Å². The fraction of sp³-hybridized carbons (Fsp3) is 0.483. The molecule has 2 aromatic carbocycles. The predicted molar refractivity (Wildman–Crippen MR) is 135 cm³/mol. The van der Waals surface area contributed by atoms with E-state index in [9.17, 15) is 23.9 Å². The Morgan fingerprint density at radius 3 is 2.42 bits per heavy atom. The molecule has 2 heterocycles. The molecule has 0 saturated heterocycles. The normalized spacial score (nSPS) is 20.9. The largest absolute Gasteiger partial charge is 0.494 e. The van der Waals surface area contributed by atoms with E-state index < -0.39 is 24.5 Å². The Kier molecular flexibility index (Phi) is 10.2. The highest BCUT2D eigenvalue weighted by molar-refractivity contribution is 5.93. The van der Waals surface area contributed by atoms with Crippen LogP contribution in [0.5, 0.6) is 5.75 Å². The SMILES string of the molecule is CC(C)C[C@H]1C(=O)N[C@H](C(=O)CCc2ccc(F)cc2)Cc2ccc(cc2)OCCC[C@@H]1C(=O)CO. The molecular weight excluding hydrogens is 461 g/mol. The molecule has 7 heteroatoms. The summed E-state index contributed by atoms with van der Waals surface area (Å²) in [6.07, 6.45) is 2.35. The highest BCUT2D eigenvalue weighted by Gasteiger charge is 2.35. The van der Waals surface area contributed by atoms with Crippen LogP contribution in [0.2, 0.25) is 0 Å². The van der Waals surface area contributed by atoms with Gasteiger partial charge in [0, 0.05) is 18.3 Å². The first-order valence-electron chi connectivity index (χ1n) is 12.7. The molecule has 2 aliphatic heterocycles. The fourth-order valence-electron chi connectivity index (χ4n) is 4.73. The Labute approximate surface area is 212 Å². The molecule has 194 valence electrons. The third-order valence-electron chi connectivity index (χ3n) is 6.69. The van der Waals surface area contributed by atoms with Crippen molar-refractivity contribution in [2.45, 2.75) is 58.4 Å². The number of halogens is 1. The molecule has 2 bridgehead atoms. The molecule has 0 unspecified atom stereocenters. The number of hydrogen-bond acceptors (Lipinski definition) is 5. The second-order valence-electron chi connectivity index (χ2n) is 9.96. The first-order chi connectivity index (χ1) is 17.3. The Bertz CT molecular complexity index is 1020. The number of aliphatic hydroxyl groups excluding tert-OH is 1. The van der Waals surface area contributed by atoms with E-state index in [4.69, 9.17) is 4.74 Å². The lowest BCUT2D eigenvalue weighted by Gasteiger charge is -2.29. The van der Waals surface area contributed by atoms with Gasteiger partial charge in [-0.05, 0) is 73.4 Å². The summed E-state index contributed by atoms with van der Waals surface area (Å²) in [6.45, 7) is 3.73. The molecule has 0 aliphatic carbocycles. The van der Waals surface area contributed by atoms with Gasteiger partial charge in [-0.3, -0.25) is 14.4 Å². The van der Waals surface area contributed by atoms with Gasteiger partial charge in [-0.25, -0.2) is 4.39 Å². The summed E-state index contributed by atoms with van der Waals surface area (Å²) < 4.78 is 19.0. The second kappa shape index (κ2) is 13.3. The number of hydrogen-bond donors (Lipinski definition) is 2. The van der Waals surface area contributed by atoms with Gasteiger partial charge in [0.15, 0.2) is 11.6 Å². The lowest BCUT2D eigenvalue weighted by atomic mass is 9.79. The van der Waals surface area contributed by atoms with Gasteiger partial charge in [0.05, 0.1) is 12.6 Å². The summed E-state index contributed by atoms with van der Waals surface area (Å²) >= 11 is 0. The maximum absolute atomic E-state index is 13.6. The zero-order valence-corrected chi connectivity index (χ0v) is 21.0. The number of aliphatic hydroxyl groups is 1. The van der Waals surface area contributed by atoms with Crippen LogP contribution in [-0.2, 0) is 27.2 Å². The van der Waals surface area contributed by atoms with Crippen molar-refractivity contribution in [2.75, 3.05) is 13.2 Å². The van der Waals surface area contributed by atoms with E-state index >= 15 is 0 Å². The Balaban J connectivity index is 1.87. The minimum Gasteiger partial charge on any atom is -0.494 e. The van der Waals surface area contributed by atoms with Crippen LogP contribution in [0, 0.1) is 23.6 Å². The van der Waals surface area contributed by atoms with E-state index in [2.05, 4.69) is 5.32 Å². The molecule has 2 aliphatic rings. The van der Waals surface area contributed by atoms with Crippen molar-refractivity contribution in [2.24, 2.45) is 17.8 Å². The van der Waals surface area contributed by atoms with Crippen LogP contribution in [0.3, 0.4) is 0 Å². The number of carbonyl (C=O) groups excluding carboxylic acids is 3. The van der Waals surface area contributed by atoms with E-state index in [0.717, 1.165) is 11.1 Å². The number of ether oxygens (including phenoxy) is 1. The number of Topliss-reactive ketones (excluding diaryl/α,β-unsaturated/α-hetero) is 2. The van der Waals surface area contributed by atoms with E-state index in [-0.39, 0.29) is 35.6 Å². The van der Waals surface area contributed by atoms with Gasteiger partial charge in [-0.15, -0.1) is 0 Å². The molecule has 0 radical (unpaired) electrons. The van der Waals surface area contributed by atoms with Gasteiger partial charge in [0.25, 0.3) is 0 Å². The van der Waals surface area contributed by atoms with Crippen LogP contribution in [0.15, 0.2) is 48.5 Å². The van der Waals surface area contributed by atoms with Crippen LogP contribution < -0.4 is 10.1 Å². The molecule has 0 fully saturated rings. The number of aryl methyl sites for hydroxylation is 1. The van der Waals surface area contributed by atoms with Gasteiger partial charge >= 0.3 is 0 Å². The van der Waals surface area contributed by atoms with Crippen LogP contribution in [0.4, 0.5) is 4.39 Å². The summed E-state index contributed by atoms with van der Waals surface area (Å²) in [7, 11) is 0. The molecule has 36 heavy (non-hydrogen) atoms. The first kappa shape index (κ1) is 27.5. The highest BCUT2D eigenvalue weighted by atomic mass is 19.1. The van der Waals surface area contributed by atoms with Gasteiger partial charge in [0.1, 0.15) is 18.2 Å². The molecule has 2 N–H and O–H groups in total. The minimum absolute atomic E-state index is 0.131. The number of benzene rings is 2. The number of rotatable bonds is 8. The van der Waals surface area contributed by atoms with Crippen LogP contribution in [0.1, 0.15) is 50.7 Å². The lowest BCUT2D eigenvalue weighted by molar-refractivity contribution is -0.137. The zero-order chi connectivity index (χ0) is 26.1. The van der Waals surface area contributed by atoms with Gasteiger partial charge in [0.2, 0.25) is 5.91 Å². The smallest absolute Gasteiger partial charge is 0.224 e. The molecule has 4 rings (SSSR count). The number of amides is 1. The van der Waals surface area contributed by atoms with Gasteiger partial charge < -0.3 is 15.2 Å². The molecule has 2 aromatic rings. The van der Waals surface area contributed by atoms with Crippen molar-refractivity contribution in [3.8, 4) is 5.75 Å². The summed E-state index contributed by atoms with van der Waals surface area (Å²) in [5.41, 5.74) is 1.72. The molecule has 0 spiro atoms. The lowest BCUT2D eigenvalue weighted by Crippen LogP contribution is -2.48. The van der Waals surface area contributed by atoms with E-state index in [0.29, 0.717) is 44.5 Å². The third kappa shape index (κ3) is 7.98. The average molecular weight is 498 g/mol. The minimum atomic E-state index is -0.771. The highest BCUT2D eigenvalue weighted by Crippen LogP contribution is 2.27. The van der Waals surface area contributed by atoms with Crippen LogP contribution in [-0.4, -0.2) is 41.8 Å². The third-order valence-corrected chi connectivity index (χ3v) is 6.69. The fourth-order valence-corrected chi connectivity index (χ4v) is 4.73. The maximum atomic E-state index is 13.6. The van der Waals surface area contributed by atoms with Crippen molar-refractivity contribution >= 4 is 17.5 Å². The molecule has 6 nitrogen and oxygen atoms in total. The van der Waals surface area contributed by atoms with Gasteiger partial charge in [-0.2, -0.15) is 0 Å². The molecule has 0 saturated carbocycles. The second-order valence-corrected chi connectivity index (χ2v) is 9.96. The topological polar surface area (TPSA) is 92.7 Å². The molecular formula is C29H36FNO5. The molecule has 1 amide bonds. The number of nitrogens with one attached hydrogen (secondary N) is 1. The zero-order valence-electron chi connectivity index (χ0n) is 21.0. The average Bonchev–Trinajstić information content (AvgIpc) is 2.86. The van der Waals surface area contributed by atoms with Crippen molar-refractivity contribution in [3.63, 3.8) is 0 Å². The summed E-state index contributed by atoms with van der Waals surface area (Å²) in [6, 6.07) is 12.7. The summed E-state index contributed by atoms with van der Waals surface area (Å²) in [5.74, 6) is -1.64. The van der Waals surface area contributed by atoms with Gasteiger partial charge in [-0.1, -0.05) is 38.1 Å². The summed E-state index contributed by atoms with van der Waals surface area (Å²) in [5, 5.41) is 12.6.